The molecule has 112 valence electrons. The Bertz CT molecular complexity index is 472. The van der Waals surface area contributed by atoms with Crippen LogP contribution in [0.5, 0.6) is 0 Å². The van der Waals surface area contributed by atoms with Crippen molar-refractivity contribution in [3.05, 3.63) is 34.5 Å². The number of allylic oxidation sites excluding steroid dienone is 3. The minimum Gasteiger partial charge on any atom is -0.481 e. The Balaban J connectivity index is 5.73. The number of halogens is 1. The summed E-state index contributed by atoms with van der Waals surface area (Å²) in [5.41, 5.74) is 2.84. The van der Waals surface area contributed by atoms with Gasteiger partial charge in [-0.1, -0.05) is 54.9 Å². The molecule has 0 aliphatic carbocycles. The Labute approximate surface area is 130 Å². The zero-order valence-electron chi connectivity index (χ0n) is 12.7. The summed E-state index contributed by atoms with van der Waals surface area (Å²) in [6.45, 7) is 13.6. The number of carboxylic acid groups (broad SMARTS) is 1. The third-order valence-corrected chi connectivity index (χ3v) is 4.15. The second-order valence-corrected chi connectivity index (χ2v) is 6.17. The predicted molar refractivity (Wildman–Crippen MR) is 89.5 cm³/mol. The molecule has 20 heavy (non-hydrogen) atoms. The lowest BCUT2D eigenvalue weighted by Crippen LogP contribution is -2.08. The van der Waals surface area contributed by atoms with Crippen molar-refractivity contribution in [2.75, 3.05) is 5.75 Å². The molecule has 0 heterocycles. The van der Waals surface area contributed by atoms with Gasteiger partial charge in [0.25, 0.3) is 0 Å². The molecule has 0 aromatic carbocycles. The topological polar surface area (TPSA) is 49.7 Å². The molecule has 0 radical (unpaired) electrons. The number of rotatable bonds is 6. The number of aliphatic imine (C=N–C) groups is 1. The third-order valence-electron chi connectivity index (χ3n) is 2.69. The highest BCUT2D eigenvalue weighted by Crippen LogP contribution is 2.31. The third kappa shape index (κ3) is 5.97. The molecule has 3 nitrogen and oxygen atoms in total. The van der Waals surface area contributed by atoms with Crippen molar-refractivity contribution in [3.63, 3.8) is 0 Å². The molecular formula is C15H22ClNO2S. The first-order valence-electron chi connectivity index (χ1n) is 6.30. The lowest BCUT2D eigenvalue weighted by atomic mass is 10.0. The van der Waals surface area contributed by atoms with Gasteiger partial charge in [-0.2, -0.15) is 0 Å². The van der Waals surface area contributed by atoms with Gasteiger partial charge in [0.15, 0.2) is 0 Å². The number of carbonyl (C=O) groups is 1. The van der Waals surface area contributed by atoms with Crippen molar-refractivity contribution in [2.24, 2.45) is 10.9 Å². The van der Waals surface area contributed by atoms with Gasteiger partial charge in [0, 0.05) is 16.8 Å². The van der Waals surface area contributed by atoms with Crippen LogP contribution < -0.4 is 0 Å². The summed E-state index contributed by atoms with van der Waals surface area (Å²) in [5, 5.41) is 10.1. The summed E-state index contributed by atoms with van der Waals surface area (Å²) < 4.78 is 0. The first kappa shape index (κ1) is 19.0. The molecule has 0 spiro atoms. The minimum atomic E-state index is -0.888. The van der Waals surface area contributed by atoms with Gasteiger partial charge < -0.3 is 5.11 Å². The molecule has 0 bridgehead atoms. The van der Waals surface area contributed by atoms with E-state index in [-0.39, 0.29) is 5.75 Å². The Morgan fingerprint density at radius 1 is 1.40 bits per heavy atom. The maximum absolute atomic E-state index is 10.7. The van der Waals surface area contributed by atoms with Crippen LogP contribution >= 0.6 is 23.4 Å². The van der Waals surface area contributed by atoms with Crippen molar-refractivity contribution in [3.8, 4) is 0 Å². The Morgan fingerprint density at radius 3 is 2.30 bits per heavy atom. The summed E-state index contributed by atoms with van der Waals surface area (Å²) >= 11 is 7.63. The van der Waals surface area contributed by atoms with E-state index < -0.39 is 5.97 Å². The van der Waals surface area contributed by atoms with E-state index in [1.54, 1.807) is 0 Å². The number of hydrogen-bond donors (Lipinski definition) is 1. The highest BCUT2D eigenvalue weighted by molar-refractivity contribution is 8.15. The average molecular weight is 316 g/mol. The van der Waals surface area contributed by atoms with E-state index in [2.05, 4.69) is 25.4 Å². The van der Waals surface area contributed by atoms with Crippen LogP contribution in [0.3, 0.4) is 0 Å². The molecule has 5 heteroatoms. The van der Waals surface area contributed by atoms with E-state index in [0.29, 0.717) is 16.0 Å². The maximum Gasteiger partial charge on any atom is 0.313 e. The number of thioether (sulfide) groups is 1. The fourth-order valence-corrected chi connectivity index (χ4v) is 2.78. The van der Waals surface area contributed by atoms with E-state index in [1.807, 2.05) is 20.8 Å². The second-order valence-electron chi connectivity index (χ2n) is 4.83. The molecular weight excluding hydrogens is 294 g/mol. The fraction of sp³-hybridized carbons (Fsp3) is 0.467. The first-order chi connectivity index (χ1) is 9.22. The lowest BCUT2D eigenvalue weighted by Gasteiger charge is -2.16. The number of carboxylic acids is 1. The minimum absolute atomic E-state index is 0.0612. The number of aliphatic carboxylic acids is 1. The standard InChI is InChI=1S/C15H22ClNO2S/c1-7-17-15(20-8-12(18)19)13(10(4)5)14(16)11(6)9(2)3/h7,9H,1,8H2,2-6H3,(H,18,19)/b14-11-,17-15?. The first-order valence-corrected chi connectivity index (χ1v) is 7.66. The van der Waals surface area contributed by atoms with Gasteiger partial charge in [-0.25, -0.2) is 4.99 Å². The normalized spacial score (nSPS) is 13.1. The van der Waals surface area contributed by atoms with Crippen LogP contribution in [0.25, 0.3) is 0 Å². The highest BCUT2D eigenvalue weighted by atomic mass is 35.5. The zero-order valence-corrected chi connectivity index (χ0v) is 14.2. The van der Waals surface area contributed by atoms with Crippen LogP contribution in [0.15, 0.2) is 39.5 Å². The van der Waals surface area contributed by atoms with Gasteiger partial charge in [-0.3, -0.25) is 4.79 Å². The second kappa shape index (κ2) is 9.03. The van der Waals surface area contributed by atoms with E-state index >= 15 is 0 Å². The molecule has 0 fully saturated rings. The predicted octanol–water partition coefficient (Wildman–Crippen LogP) is 4.85. The summed E-state index contributed by atoms with van der Waals surface area (Å²) in [6, 6.07) is 0. The molecule has 0 saturated heterocycles. The van der Waals surface area contributed by atoms with Crippen LogP contribution in [0.4, 0.5) is 0 Å². The van der Waals surface area contributed by atoms with Crippen LogP contribution in [-0.4, -0.2) is 21.9 Å². The monoisotopic (exact) mass is 315 g/mol. The summed E-state index contributed by atoms with van der Waals surface area (Å²) in [7, 11) is 0. The Morgan fingerprint density at radius 2 is 1.95 bits per heavy atom. The number of nitrogens with zero attached hydrogens (tertiary/aromatic N) is 1. The van der Waals surface area contributed by atoms with Crippen LogP contribution in [-0.2, 0) is 4.79 Å². The Hall–Kier alpha value is -1.00. The van der Waals surface area contributed by atoms with Crippen LogP contribution in [0.2, 0.25) is 0 Å². The molecule has 0 aromatic heterocycles. The number of hydrogen-bond acceptors (Lipinski definition) is 3. The molecule has 0 saturated carbocycles. The summed E-state index contributed by atoms with van der Waals surface area (Å²) in [5.74, 6) is -0.638. The molecule has 0 atom stereocenters. The van der Waals surface area contributed by atoms with E-state index in [0.717, 1.165) is 28.5 Å². The van der Waals surface area contributed by atoms with E-state index in [9.17, 15) is 4.79 Å². The van der Waals surface area contributed by atoms with Crippen molar-refractivity contribution in [2.45, 2.75) is 34.6 Å². The van der Waals surface area contributed by atoms with Crippen molar-refractivity contribution in [1.29, 1.82) is 0 Å². The smallest absolute Gasteiger partial charge is 0.313 e. The highest BCUT2D eigenvalue weighted by Gasteiger charge is 2.17. The zero-order chi connectivity index (χ0) is 15.9. The van der Waals surface area contributed by atoms with Gasteiger partial charge in [-0.15, -0.1) is 0 Å². The SMILES string of the molecule is C=CN=C(SCC(=O)O)C(=C(C)C)/C(Cl)=C(\C)C(C)C. The molecule has 0 aliphatic rings. The van der Waals surface area contributed by atoms with Crippen molar-refractivity contribution in [1.82, 2.24) is 0 Å². The molecule has 0 amide bonds. The largest absolute Gasteiger partial charge is 0.481 e. The summed E-state index contributed by atoms with van der Waals surface area (Å²) in [4.78, 5) is 14.9. The maximum atomic E-state index is 10.7. The molecule has 0 aromatic rings. The van der Waals surface area contributed by atoms with Crippen LogP contribution in [0, 0.1) is 5.92 Å². The fourth-order valence-electron chi connectivity index (χ4n) is 1.36. The van der Waals surface area contributed by atoms with Crippen molar-refractivity contribution < 1.29 is 9.90 Å². The van der Waals surface area contributed by atoms with E-state index in [1.165, 1.54) is 6.20 Å². The van der Waals surface area contributed by atoms with E-state index in [4.69, 9.17) is 16.7 Å². The van der Waals surface area contributed by atoms with Gasteiger partial charge >= 0.3 is 5.97 Å². The lowest BCUT2D eigenvalue weighted by molar-refractivity contribution is -0.133. The van der Waals surface area contributed by atoms with Gasteiger partial charge in [0.05, 0.1) is 5.75 Å². The summed E-state index contributed by atoms with van der Waals surface area (Å²) in [6.07, 6.45) is 1.40. The van der Waals surface area contributed by atoms with Crippen molar-refractivity contribution >= 4 is 34.4 Å². The Kier molecular flexibility index (Phi) is 8.58. The van der Waals surface area contributed by atoms with Gasteiger partial charge in [0.1, 0.15) is 5.04 Å². The van der Waals surface area contributed by atoms with Crippen LogP contribution in [0.1, 0.15) is 34.6 Å². The average Bonchev–Trinajstić information content (AvgIpc) is 2.34. The molecule has 1 N–H and O–H groups in total. The molecule has 0 aliphatic heterocycles. The molecule has 0 rings (SSSR count). The molecule has 0 unspecified atom stereocenters. The van der Waals surface area contributed by atoms with Gasteiger partial charge in [-0.05, 0) is 26.7 Å². The quantitative estimate of drug-likeness (QED) is 0.433. The van der Waals surface area contributed by atoms with Gasteiger partial charge in [0.2, 0.25) is 0 Å².